The number of alkyl halides is 3. The van der Waals surface area contributed by atoms with E-state index >= 15 is 0 Å². The Morgan fingerprint density at radius 1 is 1.05 bits per heavy atom. The van der Waals surface area contributed by atoms with Gasteiger partial charge in [0.15, 0.2) is 0 Å². The summed E-state index contributed by atoms with van der Waals surface area (Å²) >= 11 is 5.90. The van der Waals surface area contributed by atoms with Gasteiger partial charge in [0, 0.05) is 10.6 Å². The van der Waals surface area contributed by atoms with Crippen molar-refractivity contribution in [1.82, 2.24) is 0 Å². The van der Waals surface area contributed by atoms with Gasteiger partial charge in [-0.1, -0.05) is 29.8 Å². The van der Waals surface area contributed by atoms with Gasteiger partial charge in [-0.2, -0.15) is 13.2 Å². The molecule has 0 amide bonds. The first-order valence-electron chi connectivity index (χ1n) is 5.50. The van der Waals surface area contributed by atoms with Crippen molar-refractivity contribution in [3.8, 4) is 11.1 Å². The molecular formula is C14H8ClF3O2. The van der Waals surface area contributed by atoms with Crippen LogP contribution in [0.25, 0.3) is 11.1 Å². The topological polar surface area (TPSA) is 37.3 Å². The summed E-state index contributed by atoms with van der Waals surface area (Å²) in [5.74, 6) is -1.23. The number of carbonyl (C=O) groups is 1. The maximum Gasteiger partial charge on any atom is 0.417 e. The van der Waals surface area contributed by atoms with Crippen LogP contribution in [0.3, 0.4) is 0 Å². The second-order valence-corrected chi connectivity index (χ2v) is 4.45. The number of benzene rings is 2. The summed E-state index contributed by atoms with van der Waals surface area (Å²) in [5.41, 5.74) is -1.08. The van der Waals surface area contributed by atoms with Crippen molar-refractivity contribution >= 4 is 17.6 Å². The zero-order valence-corrected chi connectivity index (χ0v) is 10.7. The molecule has 0 atom stereocenters. The molecule has 0 aromatic heterocycles. The number of halogens is 4. The summed E-state index contributed by atoms with van der Waals surface area (Å²) in [7, 11) is 0. The maximum atomic E-state index is 13.0. The van der Waals surface area contributed by atoms with Crippen LogP contribution in [0.15, 0.2) is 42.5 Å². The molecule has 0 aliphatic rings. The number of carboxylic acid groups (broad SMARTS) is 1. The van der Waals surface area contributed by atoms with E-state index in [2.05, 4.69) is 0 Å². The molecule has 0 fully saturated rings. The zero-order chi connectivity index (χ0) is 14.9. The maximum absolute atomic E-state index is 13.0. The lowest BCUT2D eigenvalue weighted by Gasteiger charge is -2.14. The Bertz CT molecular complexity index is 666. The molecule has 0 saturated carbocycles. The van der Waals surface area contributed by atoms with Crippen LogP contribution < -0.4 is 0 Å². The van der Waals surface area contributed by atoms with Crippen LogP contribution in [0.2, 0.25) is 5.02 Å². The summed E-state index contributed by atoms with van der Waals surface area (Å²) < 4.78 is 38.9. The van der Waals surface area contributed by atoms with Crippen LogP contribution in [0, 0.1) is 0 Å². The van der Waals surface area contributed by atoms with E-state index in [0.29, 0.717) is 0 Å². The van der Waals surface area contributed by atoms with Crippen LogP contribution >= 0.6 is 11.6 Å². The molecule has 2 aromatic rings. The van der Waals surface area contributed by atoms with E-state index in [1.807, 2.05) is 0 Å². The first-order valence-corrected chi connectivity index (χ1v) is 5.88. The first kappa shape index (κ1) is 14.4. The molecule has 2 nitrogen and oxygen atoms in total. The Morgan fingerprint density at radius 2 is 1.70 bits per heavy atom. The second-order valence-electron chi connectivity index (χ2n) is 4.04. The summed E-state index contributed by atoms with van der Waals surface area (Å²) in [6.07, 6.45) is -4.54. The highest BCUT2D eigenvalue weighted by atomic mass is 35.5. The smallest absolute Gasteiger partial charge is 0.417 e. The van der Waals surface area contributed by atoms with Crippen molar-refractivity contribution in [2.75, 3.05) is 0 Å². The molecular weight excluding hydrogens is 293 g/mol. The van der Waals surface area contributed by atoms with Gasteiger partial charge in [0.2, 0.25) is 0 Å². The number of hydrogen-bond donors (Lipinski definition) is 1. The number of hydrogen-bond acceptors (Lipinski definition) is 1. The van der Waals surface area contributed by atoms with Crippen molar-refractivity contribution < 1.29 is 23.1 Å². The van der Waals surface area contributed by atoms with Crippen LogP contribution in [-0.2, 0) is 6.18 Å². The van der Waals surface area contributed by atoms with Gasteiger partial charge >= 0.3 is 12.1 Å². The Labute approximate surface area is 117 Å². The lowest BCUT2D eigenvalue weighted by Crippen LogP contribution is -2.07. The summed E-state index contributed by atoms with van der Waals surface area (Å²) in [4.78, 5) is 10.9. The van der Waals surface area contributed by atoms with Gasteiger partial charge in [-0.15, -0.1) is 0 Å². The normalized spacial score (nSPS) is 11.4. The van der Waals surface area contributed by atoms with E-state index in [-0.39, 0.29) is 21.7 Å². The molecule has 0 radical (unpaired) electrons. The van der Waals surface area contributed by atoms with Crippen LogP contribution in [-0.4, -0.2) is 11.1 Å². The summed E-state index contributed by atoms with van der Waals surface area (Å²) in [5, 5.41) is 8.97. The molecule has 2 rings (SSSR count). The van der Waals surface area contributed by atoms with E-state index in [1.165, 1.54) is 30.3 Å². The highest BCUT2D eigenvalue weighted by Gasteiger charge is 2.33. The molecule has 0 unspecified atom stereocenters. The lowest BCUT2D eigenvalue weighted by atomic mass is 9.97. The van der Waals surface area contributed by atoms with Crippen molar-refractivity contribution in [3.63, 3.8) is 0 Å². The fourth-order valence-electron chi connectivity index (χ4n) is 1.83. The summed E-state index contributed by atoms with van der Waals surface area (Å²) in [6, 6.07) is 8.54. The lowest BCUT2D eigenvalue weighted by molar-refractivity contribution is -0.137. The third-order valence-corrected chi connectivity index (χ3v) is 3.07. The third kappa shape index (κ3) is 2.77. The van der Waals surface area contributed by atoms with E-state index in [4.69, 9.17) is 16.7 Å². The Kier molecular flexibility index (Phi) is 3.72. The molecule has 104 valence electrons. The highest BCUT2D eigenvalue weighted by Crippen LogP contribution is 2.39. The molecule has 0 spiro atoms. The molecule has 0 aliphatic carbocycles. The predicted octanol–water partition coefficient (Wildman–Crippen LogP) is 4.72. The average Bonchev–Trinajstić information content (AvgIpc) is 2.38. The standard InChI is InChI=1S/C14H8ClF3O2/c15-12-6-5-8(13(19)20)7-10(12)9-3-1-2-4-11(9)14(16,17)18/h1-7H,(H,19,20). The molecule has 2 aromatic carbocycles. The van der Waals surface area contributed by atoms with Crippen molar-refractivity contribution in [3.05, 3.63) is 58.6 Å². The fourth-order valence-corrected chi connectivity index (χ4v) is 2.05. The van der Waals surface area contributed by atoms with Gasteiger partial charge in [-0.3, -0.25) is 0 Å². The molecule has 1 N–H and O–H groups in total. The quantitative estimate of drug-likeness (QED) is 0.871. The predicted molar refractivity (Wildman–Crippen MR) is 68.8 cm³/mol. The molecule has 0 aliphatic heterocycles. The third-order valence-electron chi connectivity index (χ3n) is 2.74. The van der Waals surface area contributed by atoms with E-state index in [9.17, 15) is 18.0 Å². The van der Waals surface area contributed by atoms with Gasteiger partial charge in [-0.25, -0.2) is 4.79 Å². The minimum Gasteiger partial charge on any atom is -0.478 e. The van der Waals surface area contributed by atoms with Gasteiger partial charge in [0.05, 0.1) is 11.1 Å². The monoisotopic (exact) mass is 300 g/mol. The van der Waals surface area contributed by atoms with E-state index in [1.54, 1.807) is 0 Å². The van der Waals surface area contributed by atoms with Crippen LogP contribution in [0.4, 0.5) is 13.2 Å². The Balaban J connectivity index is 2.69. The number of rotatable bonds is 2. The second kappa shape index (κ2) is 5.17. The fraction of sp³-hybridized carbons (Fsp3) is 0.0714. The minimum absolute atomic E-state index is 0.0412. The van der Waals surface area contributed by atoms with Gasteiger partial charge < -0.3 is 5.11 Å². The Hall–Kier alpha value is -2.01. The SMILES string of the molecule is O=C(O)c1ccc(Cl)c(-c2ccccc2C(F)(F)F)c1. The molecule has 0 saturated heterocycles. The zero-order valence-electron chi connectivity index (χ0n) is 9.91. The van der Waals surface area contributed by atoms with E-state index < -0.39 is 17.7 Å². The van der Waals surface area contributed by atoms with Crippen molar-refractivity contribution in [2.24, 2.45) is 0 Å². The minimum atomic E-state index is -4.54. The van der Waals surface area contributed by atoms with Crippen LogP contribution in [0.5, 0.6) is 0 Å². The van der Waals surface area contributed by atoms with Gasteiger partial charge in [-0.05, 0) is 29.8 Å². The highest BCUT2D eigenvalue weighted by molar-refractivity contribution is 6.33. The van der Waals surface area contributed by atoms with Gasteiger partial charge in [0.1, 0.15) is 0 Å². The Morgan fingerprint density at radius 3 is 2.30 bits per heavy atom. The molecule has 0 bridgehead atoms. The largest absolute Gasteiger partial charge is 0.478 e. The molecule has 0 heterocycles. The summed E-state index contributed by atoms with van der Waals surface area (Å²) in [6.45, 7) is 0. The first-order chi connectivity index (χ1) is 9.30. The van der Waals surface area contributed by atoms with Crippen LogP contribution in [0.1, 0.15) is 15.9 Å². The van der Waals surface area contributed by atoms with Crippen molar-refractivity contribution in [1.29, 1.82) is 0 Å². The molecule has 20 heavy (non-hydrogen) atoms. The van der Waals surface area contributed by atoms with E-state index in [0.717, 1.165) is 12.1 Å². The molecule has 6 heteroatoms. The number of aromatic carboxylic acids is 1. The number of carboxylic acids is 1. The van der Waals surface area contributed by atoms with Crippen molar-refractivity contribution in [2.45, 2.75) is 6.18 Å². The van der Waals surface area contributed by atoms with Gasteiger partial charge in [0.25, 0.3) is 0 Å². The average molecular weight is 301 g/mol.